The van der Waals surface area contributed by atoms with Crippen LogP contribution in [0.1, 0.15) is 5.56 Å². The molecule has 0 aliphatic rings. The van der Waals surface area contributed by atoms with Crippen LogP contribution in [-0.4, -0.2) is 25.7 Å². The summed E-state index contributed by atoms with van der Waals surface area (Å²) in [6.45, 7) is 0. The lowest BCUT2D eigenvalue weighted by molar-refractivity contribution is -0.384. The molecule has 0 aliphatic heterocycles. The predicted octanol–water partition coefficient (Wildman–Crippen LogP) is 1.53. The monoisotopic (exact) mass is 281 g/mol. The third kappa shape index (κ3) is 2.47. The first-order valence-electron chi connectivity index (χ1n) is 5.00. The molecule has 0 radical (unpaired) electrons. The van der Waals surface area contributed by atoms with Crippen molar-refractivity contribution in [3.8, 4) is 5.69 Å². The summed E-state index contributed by atoms with van der Waals surface area (Å²) in [5.74, 6) is -0.171. The van der Waals surface area contributed by atoms with Crippen molar-refractivity contribution in [3.63, 3.8) is 0 Å². The summed E-state index contributed by atoms with van der Waals surface area (Å²) in [7, 11) is 0. The molecule has 0 aliphatic carbocycles. The van der Waals surface area contributed by atoms with Crippen LogP contribution < -0.4 is 5.73 Å². The number of nitrogens with zero attached hydrogens (tertiary/aromatic N) is 4. The molecule has 1 aromatic carbocycles. The number of hydrogen-bond donors (Lipinski definition) is 2. The number of benzene rings is 1. The first-order valence-corrected chi connectivity index (χ1v) is 5.37. The van der Waals surface area contributed by atoms with Crippen LogP contribution >= 0.6 is 11.6 Å². The summed E-state index contributed by atoms with van der Waals surface area (Å²) in [6, 6.07) is 4.60. The Morgan fingerprint density at radius 1 is 1.58 bits per heavy atom. The van der Waals surface area contributed by atoms with E-state index in [4.69, 9.17) is 22.5 Å². The first-order chi connectivity index (χ1) is 9.02. The Kier molecular flexibility index (Phi) is 3.34. The maximum Gasteiger partial charge on any atom is 0.307 e. The summed E-state index contributed by atoms with van der Waals surface area (Å²) in [5.41, 5.74) is 6.09. The molecule has 0 amide bonds. The van der Waals surface area contributed by atoms with Gasteiger partial charge in [0.1, 0.15) is 12.4 Å². The smallest absolute Gasteiger partial charge is 0.307 e. The molecule has 0 fully saturated rings. The maximum absolute atomic E-state index is 10.6. The van der Waals surface area contributed by atoms with E-state index in [1.807, 2.05) is 0 Å². The highest BCUT2D eigenvalue weighted by atomic mass is 35.5. The van der Waals surface area contributed by atoms with Crippen molar-refractivity contribution >= 4 is 23.1 Å². The average Bonchev–Trinajstić information content (AvgIpc) is 2.87. The largest absolute Gasteiger partial charge is 0.409 e. The van der Waals surface area contributed by atoms with Gasteiger partial charge in [-0.15, -0.1) is 0 Å². The first kappa shape index (κ1) is 12.8. The van der Waals surface area contributed by atoms with Gasteiger partial charge in [0, 0.05) is 10.6 Å². The van der Waals surface area contributed by atoms with Crippen LogP contribution in [0.25, 0.3) is 5.69 Å². The van der Waals surface area contributed by atoms with Crippen LogP contribution in [0.15, 0.2) is 35.7 Å². The average molecular weight is 282 g/mol. The molecule has 0 unspecified atom stereocenters. The summed E-state index contributed by atoms with van der Waals surface area (Å²) in [4.78, 5) is 10.1. The Hall–Kier alpha value is -2.61. The summed E-state index contributed by atoms with van der Waals surface area (Å²) >= 11 is 5.83. The zero-order chi connectivity index (χ0) is 14.0. The molecule has 0 saturated heterocycles. The Morgan fingerprint density at radius 2 is 2.32 bits per heavy atom. The normalized spacial score (nSPS) is 11.5. The highest BCUT2D eigenvalue weighted by molar-refractivity contribution is 6.31. The quantitative estimate of drug-likeness (QED) is 0.291. The van der Waals surface area contributed by atoms with Crippen molar-refractivity contribution in [3.05, 3.63) is 51.3 Å². The van der Waals surface area contributed by atoms with Gasteiger partial charge in [-0.2, -0.15) is 5.10 Å². The van der Waals surface area contributed by atoms with E-state index >= 15 is 0 Å². The molecule has 0 bridgehead atoms. The molecular weight excluding hydrogens is 274 g/mol. The number of halogens is 1. The van der Waals surface area contributed by atoms with E-state index in [9.17, 15) is 10.1 Å². The van der Waals surface area contributed by atoms with Gasteiger partial charge >= 0.3 is 5.69 Å². The molecule has 0 spiro atoms. The van der Waals surface area contributed by atoms with Gasteiger partial charge in [-0.3, -0.25) is 10.1 Å². The number of aromatic nitrogens is 2. The highest BCUT2D eigenvalue weighted by Crippen LogP contribution is 2.21. The Morgan fingerprint density at radius 3 is 2.89 bits per heavy atom. The SMILES string of the molecule is N/C(=N/O)c1cc(Cl)ccc1-n1cc([N+](=O)[O-])cn1. The van der Waals surface area contributed by atoms with Gasteiger partial charge in [-0.25, -0.2) is 4.68 Å². The molecule has 1 aromatic heterocycles. The highest BCUT2D eigenvalue weighted by Gasteiger charge is 2.14. The predicted molar refractivity (Wildman–Crippen MR) is 67.7 cm³/mol. The van der Waals surface area contributed by atoms with Gasteiger partial charge in [0.05, 0.1) is 10.6 Å². The number of hydrogen-bond acceptors (Lipinski definition) is 5. The van der Waals surface area contributed by atoms with Crippen molar-refractivity contribution < 1.29 is 10.1 Å². The lowest BCUT2D eigenvalue weighted by Crippen LogP contribution is -2.16. The molecule has 19 heavy (non-hydrogen) atoms. The maximum atomic E-state index is 10.6. The van der Waals surface area contributed by atoms with Crippen molar-refractivity contribution in [2.75, 3.05) is 0 Å². The topological polar surface area (TPSA) is 120 Å². The molecular formula is C10H8ClN5O3. The number of nitrogens with two attached hydrogens (primary N) is 1. The zero-order valence-electron chi connectivity index (χ0n) is 9.39. The lowest BCUT2D eigenvalue weighted by atomic mass is 10.1. The van der Waals surface area contributed by atoms with Crippen molar-refractivity contribution in [1.29, 1.82) is 0 Å². The van der Waals surface area contributed by atoms with Crippen LogP contribution in [0.3, 0.4) is 0 Å². The van der Waals surface area contributed by atoms with E-state index < -0.39 is 4.92 Å². The molecule has 8 nitrogen and oxygen atoms in total. The number of amidine groups is 1. The Bertz CT molecular complexity index is 667. The molecule has 0 saturated carbocycles. The standard InChI is InChI=1S/C10H8ClN5O3/c11-6-1-2-9(8(3-6)10(12)14-17)15-5-7(4-13-15)16(18)19/h1-5,17H,(H2,12,14). The second-order valence-corrected chi connectivity index (χ2v) is 3.98. The summed E-state index contributed by atoms with van der Waals surface area (Å²) in [5, 5.41) is 26.5. The number of nitro groups is 1. The van der Waals surface area contributed by atoms with E-state index in [0.29, 0.717) is 16.3 Å². The van der Waals surface area contributed by atoms with Crippen LogP contribution in [-0.2, 0) is 0 Å². The second-order valence-electron chi connectivity index (χ2n) is 3.55. The Labute approximate surface area is 111 Å². The van der Waals surface area contributed by atoms with Crippen LogP contribution in [0.5, 0.6) is 0 Å². The number of oxime groups is 1. The van der Waals surface area contributed by atoms with E-state index in [2.05, 4.69) is 10.3 Å². The van der Waals surface area contributed by atoms with Gasteiger partial charge in [0.2, 0.25) is 0 Å². The summed E-state index contributed by atoms with van der Waals surface area (Å²) < 4.78 is 1.25. The van der Waals surface area contributed by atoms with Crippen molar-refractivity contribution in [1.82, 2.24) is 9.78 Å². The molecule has 9 heteroatoms. The minimum atomic E-state index is -0.567. The summed E-state index contributed by atoms with van der Waals surface area (Å²) in [6.07, 6.45) is 2.32. The van der Waals surface area contributed by atoms with E-state index in [0.717, 1.165) is 6.20 Å². The Balaban J connectivity index is 2.57. The lowest BCUT2D eigenvalue weighted by Gasteiger charge is -2.08. The van der Waals surface area contributed by atoms with Gasteiger partial charge in [-0.05, 0) is 18.2 Å². The van der Waals surface area contributed by atoms with Crippen LogP contribution in [0.4, 0.5) is 5.69 Å². The molecule has 1 heterocycles. The number of rotatable bonds is 3. The third-order valence-electron chi connectivity index (χ3n) is 2.37. The fraction of sp³-hybridized carbons (Fsp3) is 0. The van der Waals surface area contributed by atoms with E-state index in [-0.39, 0.29) is 11.5 Å². The van der Waals surface area contributed by atoms with Crippen LogP contribution in [0.2, 0.25) is 5.02 Å². The van der Waals surface area contributed by atoms with Crippen LogP contribution in [0, 0.1) is 10.1 Å². The van der Waals surface area contributed by atoms with E-state index in [1.165, 1.54) is 16.9 Å². The fourth-order valence-electron chi connectivity index (χ4n) is 1.51. The third-order valence-corrected chi connectivity index (χ3v) is 2.60. The van der Waals surface area contributed by atoms with Crippen molar-refractivity contribution in [2.24, 2.45) is 10.9 Å². The molecule has 0 atom stereocenters. The second kappa shape index (κ2) is 4.94. The van der Waals surface area contributed by atoms with Gasteiger partial charge in [0.15, 0.2) is 5.84 Å². The molecule has 2 rings (SSSR count). The fourth-order valence-corrected chi connectivity index (χ4v) is 1.68. The molecule has 3 N–H and O–H groups in total. The zero-order valence-corrected chi connectivity index (χ0v) is 10.2. The van der Waals surface area contributed by atoms with Gasteiger partial charge < -0.3 is 10.9 Å². The van der Waals surface area contributed by atoms with Gasteiger partial charge in [-0.1, -0.05) is 16.8 Å². The van der Waals surface area contributed by atoms with E-state index in [1.54, 1.807) is 12.1 Å². The molecule has 98 valence electrons. The van der Waals surface area contributed by atoms with Gasteiger partial charge in [0.25, 0.3) is 0 Å². The minimum absolute atomic E-state index is 0.166. The van der Waals surface area contributed by atoms with Crippen molar-refractivity contribution in [2.45, 2.75) is 0 Å². The molecule has 2 aromatic rings. The minimum Gasteiger partial charge on any atom is -0.409 e.